The lowest BCUT2D eigenvalue weighted by molar-refractivity contribution is 0.359. The molecule has 1 aliphatic heterocycles. The lowest BCUT2D eigenvalue weighted by Gasteiger charge is -2.24. The number of nitrogens with zero attached hydrogens (tertiary/aromatic N) is 5. The quantitative estimate of drug-likeness (QED) is 0.589. The van der Waals surface area contributed by atoms with Crippen LogP contribution in [0.5, 0.6) is 0 Å². The molecule has 7 nitrogen and oxygen atoms in total. The first-order valence-corrected chi connectivity index (χ1v) is 9.54. The van der Waals surface area contributed by atoms with E-state index >= 15 is 0 Å². The van der Waals surface area contributed by atoms with Crippen LogP contribution in [0.4, 0.5) is 0 Å². The van der Waals surface area contributed by atoms with Gasteiger partial charge in [0.05, 0.1) is 34.3 Å². The number of hydrogen-bond donors (Lipinski definition) is 1. The van der Waals surface area contributed by atoms with Crippen LogP contribution in [-0.4, -0.2) is 37.0 Å². The van der Waals surface area contributed by atoms with Gasteiger partial charge in [0.25, 0.3) is 5.56 Å². The van der Waals surface area contributed by atoms with Crippen molar-refractivity contribution >= 4 is 27.2 Å². The van der Waals surface area contributed by atoms with Crippen LogP contribution in [-0.2, 0) is 0 Å². The van der Waals surface area contributed by atoms with Crippen molar-refractivity contribution in [3.8, 4) is 10.6 Å². The van der Waals surface area contributed by atoms with Crippen molar-refractivity contribution in [2.24, 2.45) is 0 Å². The van der Waals surface area contributed by atoms with E-state index < -0.39 is 0 Å². The molecule has 0 saturated carbocycles. The molecule has 0 atom stereocenters. The molecule has 1 fully saturated rings. The van der Waals surface area contributed by atoms with E-state index in [2.05, 4.69) is 20.3 Å². The molecule has 0 bridgehead atoms. The molecule has 1 aliphatic rings. The van der Waals surface area contributed by atoms with Crippen molar-refractivity contribution in [2.45, 2.75) is 25.8 Å². The molecule has 1 N–H and O–H groups in total. The van der Waals surface area contributed by atoms with Gasteiger partial charge in [0.1, 0.15) is 4.70 Å². The van der Waals surface area contributed by atoms with Crippen LogP contribution >= 0.6 is 11.3 Å². The van der Waals surface area contributed by atoms with Gasteiger partial charge in [-0.25, -0.2) is 15.0 Å². The molecule has 4 aromatic rings. The molecule has 0 aliphatic carbocycles. The van der Waals surface area contributed by atoms with Crippen molar-refractivity contribution in [3.63, 3.8) is 0 Å². The first-order valence-electron chi connectivity index (χ1n) is 8.72. The number of nitrogens with one attached hydrogen (secondary N) is 1. The van der Waals surface area contributed by atoms with Crippen molar-refractivity contribution in [1.82, 2.24) is 29.2 Å². The monoisotopic (exact) mass is 366 g/mol. The Morgan fingerprint density at radius 2 is 2.08 bits per heavy atom. The fourth-order valence-electron chi connectivity index (χ4n) is 3.55. The highest BCUT2D eigenvalue weighted by Gasteiger charge is 2.19. The Labute approximate surface area is 153 Å². The molecule has 0 spiro atoms. The summed E-state index contributed by atoms with van der Waals surface area (Å²) in [5.41, 5.74) is 3.39. The Morgan fingerprint density at radius 3 is 2.92 bits per heavy atom. The molecule has 5 heterocycles. The number of piperidine rings is 1. The highest BCUT2D eigenvalue weighted by molar-refractivity contribution is 7.22. The van der Waals surface area contributed by atoms with Crippen LogP contribution < -0.4 is 10.9 Å². The summed E-state index contributed by atoms with van der Waals surface area (Å²) in [6.07, 6.45) is 9.30. The summed E-state index contributed by atoms with van der Waals surface area (Å²) in [7, 11) is 0. The van der Waals surface area contributed by atoms with Crippen LogP contribution in [0.25, 0.3) is 26.4 Å². The van der Waals surface area contributed by atoms with Gasteiger partial charge < -0.3 is 9.72 Å². The van der Waals surface area contributed by atoms with E-state index in [-0.39, 0.29) is 11.6 Å². The molecule has 26 heavy (non-hydrogen) atoms. The molecule has 0 aromatic carbocycles. The highest BCUT2D eigenvalue weighted by Crippen LogP contribution is 2.30. The lowest BCUT2D eigenvalue weighted by atomic mass is 10.1. The third-order valence-electron chi connectivity index (χ3n) is 4.88. The minimum absolute atomic E-state index is 0.0534. The first kappa shape index (κ1) is 15.7. The zero-order valence-electron chi connectivity index (χ0n) is 14.3. The largest absolute Gasteiger partial charge is 0.317 e. The van der Waals surface area contributed by atoms with Crippen LogP contribution in [0.1, 0.15) is 24.6 Å². The molecule has 0 amide bonds. The van der Waals surface area contributed by atoms with Crippen LogP contribution in [0, 0.1) is 6.92 Å². The molecule has 4 aromatic heterocycles. The summed E-state index contributed by atoms with van der Waals surface area (Å²) >= 11 is 1.46. The minimum atomic E-state index is 0.0534. The predicted octanol–water partition coefficient (Wildman–Crippen LogP) is 2.40. The Balaban J connectivity index is 1.60. The third kappa shape index (κ3) is 2.53. The van der Waals surface area contributed by atoms with E-state index in [9.17, 15) is 4.79 Å². The van der Waals surface area contributed by atoms with Crippen LogP contribution in [0.15, 0.2) is 35.8 Å². The molecule has 1 saturated heterocycles. The van der Waals surface area contributed by atoms with Gasteiger partial charge in [0.15, 0.2) is 5.65 Å². The maximum atomic E-state index is 13.0. The molecule has 8 heteroatoms. The van der Waals surface area contributed by atoms with Crippen LogP contribution in [0.2, 0.25) is 0 Å². The predicted molar refractivity (Wildman–Crippen MR) is 102 cm³/mol. The summed E-state index contributed by atoms with van der Waals surface area (Å²) < 4.78 is 4.46. The number of fused-ring (bicyclic) bond motifs is 2. The maximum absolute atomic E-state index is 13.0. The van der Waals surface area contributed by atoms with E-state index in [0.29, 0.717) is 4.70 Å². The average Bonchev–Trinajstić information content (AvgIpc) is 3.25. The summed E-state index contributed by atoms with van der Waals surface area (Å²) in [5.74, 6) is 0. The second-order valence-electron chi connectivity index (χ2n) is 6.68. The van der Waals surface area contributed by atoms with E-state index in [1.54, 1.807) is 17.1 Å². The smallest absolute Gasteiger partial charge is 0.271 e. The second-order valence-corrected chi connectivity index (χ2v) is 7.74. The number of thiophene rings is 1. The van der Waals surface area contributed by atoms with E-state index in [0.717, 1.165) is 53.4 Å². The molecule has 0 radical (unpaired) electrons. The molecule has 0 unspecified atom stereocenters. The average molecular weight is 366 g/mol. The van der Waals surface area contributed by atoms with Crippen molar-refractivity contribution in [3.05, 3.63) is 47.0 Å². The molecular weight excluding hydrogens is 348 g/mol. The molecular formula is C18H18N6OS. The van der Waals surface area contributed by atoms with Gasteiger partial charge in [-0.15, -0.1) is 11.3 Å². The minimum Gasteiger partial charge on any atom is -0.317 e. The summed E-state index contributed by atoms with van der Waals surface area (Å²) in [6, 6.07) is 2.18. The zero-order valence-corrected chi connectivity index (χ0v) is 15.2. The summed E-state index contributed by atoms with van der Waals surface area (Å²) in [6.45, 7) is 3.84. The number of hydrogen-bond acceptors (Lipinski definition) is 6. The Morgan fingerprint density at radius 1 is 1.23 bits per heavy atom. The van der Waals surface area contributed by atoms with E-state index in [1.165, 1.54) is 11.3 Å². The fraction of sp³-hybridized carbons (Fsp3) is 0.333. The first-order chi connectivity index (χ1) is 12.7. The van der Waals surface area contributed by atoms with E-state index in [1.807, 2.05) is 29.8 Å². The summed E-state index contributed by atoms with van der Waals surface area (Å²) in [5, 5.41) is 3.33. The number of rotatable bonds is 2. The van der Waals surface area contributed by atoms with Gasteiger partial charge in [-0.1, -0.05) is 0 Å². The fourth-order valence-corrected chi connectivity index (χ4v) is 4.56. The van der Waals surface area contributed by atoms with E-state index in [4.69, 9.17) is 0 Å². The second kappa shape index (κ2) is 6.00. The SMILES string of the molecule is Cc1cn2cc(-c3cc4ncn(C5CCNCC5)c(=O)c4s3)ncc2n1. The topological polar surface area (TPSA) is 77.1 Å². The Hall–Kier alpha value is -2.58. The molecule has 132 valence electrons. The van der Waals surface area contributed by atoms with Crippen LogP contribution in [0.3, 0.4) is 0 Å². The Bertz CT molecular complexity index is 1170. The standard InChI is InChI=1S/C18H18N6OS/c1-11-8-23-9-14(20-7-16(23)22-11)15-6-13-17(26-15)18(25)24(10-21-13)12-2-4-19-5-3-12/h6-10,12,19H,2-5H2,1H3. The number of imidazole rings is 1. The summed E-state index contributed by atoms with van der Waals surface area (Å²) in [4.78, 5) is 27.4. The van der Waals surface area contributed by atoms with Gasteiger partial charge in [-0.05, 0) is 38.9 Å². The van der Waals surface area contributed by atoms with Crippen molar-refractivity contribution < 1.29 is 0 Å². The van der Waals surface area contributed by atoms with Gasteiger partial charge in [0.2, 0.25) is 0 Å². The van der Waals surface area contributed by atoms with Gasteiger partial charge in [-0.3, -0.25) is 9.36 Å². The maximum Gasteiger partial charge on any atom is 0.271 e. The Kier molecular flexibility index (Phi) is 3.61. The number of aromatic nitrogens is 5. The lowest BCUT2D eigenvalue weighted by Crippen LogP contribution is -2.34. The van der Waals surface area contributed by atoms with Gasteiger partial charge in [0, 0.05) is 18.4 Å². The number of aryl methyl sites for hydroxylation is 1. The van der Waals surface area contributed by atoms with Crippen molar-refractivity contribution in [1.29, 1.82) is 0 Å². The normalized spacial score (nSPS) is 15.9. The third-order valence-corrected chi connectivity index (χ3v) is 6.01. The molecule has 5 rings (SSSR count). The highest BCUT2D eigenvalue weighted by atomic mass is 32.1. The van der Waals surface area contributed by atoms with Crippen molar-refractivity contribution in [2.75, 3.05) is 13.1 Å². The van der Waals surface area contributed by atoms with Gasteiger partial charge >= 0.3 is 0 Å². The zero-order chi connectivity index (χ0) is 17.7. The van der Waals surface area contributed by atoms with Gasteiger partial charge in [-0.2, -0.15) is 0 Å².